The molecule has 1 aliphatic carbocycles. The second-order valence-electron chi connectivity index (χ2n) is 7.85. The average molecular weight is 416 g/mol. The number of thiophene rings is 1. The van der Waals surface area contributed by atoms with Gasteiger partial charge in [-0.2, -0.15) is 0 Å². The fraction of sp³-hybridized carbons (Fsp3) is 0.500. The van der Waals surface area contributed by atoms with Crippen LogP contribution in [-0.4, -0.2) is 33.3 Å². The van der Waals surface area contributed by atoms with Crippen molar-refractivity contribution in [2.75, 3.05) is 0 Å². The van der Waals surface area contributed by atoms with Gasteiger partial charge in [-0.1, -0.05) is 32.3 Å². The molecule has 2 heterocycles. The van der Waals surface area contributed by atoms with Crippen LogP contribution in [0.3, 0.4) is 0 Å². The molecule has 6 nitrogen and oxygen atoms in total. The van der Waals surface area contributed by atoms with E-state index in [1.807, 2.05) is 31.4 Å². The van der Waals surface area contributed by atoms with E-state index in [0.717, 1.165) is 30.6 Å². The predicted molar refractivity (Wildman–Crippen MR) is 115 cm³/mol. The maximum Gasteiger partial charge on any atom is 0.256 e. The third-order valence-corrected chi connectivity index (χ3v) is 6.75. The molecule has 0 aliphatic heterocycles. The minimum Gasteiger partial charge on any atom is -0.351 e. The number of aromatic nitrogens is 1. The number of aromatic amines is 1. The largest absolute Gasteiger partial charge is 0.351 e. The number of nitrogens with one attached hydrogen (secondary N) is 2. The summed E-state index contributed by atoms with van der Waals surface area (Å²) in [6, 6.07) is 6.93. The van der Waals surface area contributed by atoms with E-state index in [-0.39, 0.29) is 23.4 Å². The lowest BCUT2D eigenvalue weighted by Gasteiger charge is -2.40. The van der Waals surface area contributed by atoms with Crippen LogP contribution in [0.15, 0.2) is 40.6 Å². The molecule has 29 heavy (non-hydrogen) atoms. The number of carbonyl (C=O) groups excluding carboxylic acids is 2. The zero-order valence-corrected chi connectivity index (χ0v) is 17.9. The van der Waals surface area contributed by atoms with Gasteiger partial charge in [0, 0.05) is 23.2 Å². The summed E-state index contributed by atoms with van der Waals surface area (Å²) in [6.07, 6.45) is 7.36. The van der Waals surface area contributed by atoms with E-state index >= 15 is 0 Å². The highest BCUT2D eigenvalue weighted by Crippen LogP contribution is 2.27. The topological polar surface area (TPSA) is 82.3 Å². The highest BCUT2D eigenvalue weighted by atomic mass is 32.1. The summed E-state index contributed by atoms with van der Waals surface area (Å²) < 4.78 is 0. The van der Waals surface area contributed by atoms with Crippen LogP contribution in [0.4, 0.5) is 0 Å². The van der Waals surface area contributed by atoms with E-state index in [9.17, 15) is 14.4 Å². The van der Waals surface area contributed by atoms with Gasteiger partial charge in [-0.25, -0.2) is 0 Å². The summed E-state index contributed by atoms with van der Waals surface area (Å²) >= 11 is 1.56. The van der Waals surface area contributed by atoms with Gasteiger partial charge in [-0.3, -0.25) is 14.4 Å². The number of H-pyrrole nitrogens is 1. The Morgan fingerprint density at radius 1 is 1.24 bits per heavy atom. The zero-order valence-electron chi connectivity index (χ0n) is 17.1. The molecule has 3 rings (SSSR count). The van der Waals surface area contributed by atoms with Crippen molar-refractivity contribution in [1.82, 2.24) is 15.2 Å². The predicted octanol–water partition coefficient (Wildman–Crippen LogP) is 3.70. The molecular weight excluding hydrogens is 386 g/mol. The van der Waals surface area contributed by atoms with Crippen LogP contribution in [0.5, 0.6) is 0 Å². The van der Waals surface area contributed by atoms with Crippen LogP contribution in [0.1, 0.15) is 67.6 Å². The van der Waals surface area contributed by atoms with Crippen molar-refractivity contribution in [3.05, 3.63) is 56.6 Å². The Hall–Kier alpha value is -2.41. The fourth-order valence-corrected chi connectivity index (χ4v) is 4.48. The molecular formula is C22H29N3O3S. The van der Waals surface area contributed by atoms with Crippen molar-refractivity contribution in [2.45, 2.75) is 70.5 Å². The molecule has 156 valence electrons. The monoisotopic (exact) mass is 415 g/mol. The Bertz CT molecular complexity index is 866. The quantitative estimate of drug-likeness (QED) is 0.723. The van der Waals surface area contributed by atoms with Gasteiger partial charge in [0.15, 0.2) is 0 Å². The number of rotatable bonds is 7. The third kappa shape index (κ3) is 4.96. The standard InChI is InChI=1S/C22H29N3O3S/c1-3-22(2,21(28)24-17-8-5-4-6-9-17)25(15-18-10-7-13-29-18)20(27)16-11-12-19(26)23-14-16/h7,10-14,17H,3-6,8-9,15H2,1-2H3,(H,23,26)(H,24,28)/t22-/m1/s1. The molecule has 1 atom stereocenters. The van der Waals surface area contributed by atoms with Crippen molar-refractivity contribution in [2.24, 2.45) is 0 Å². The van der Waals surface area contributed by atoms with Gasteiger partial charge in [0.2, 0.25) is 11.5 Å². The summed E-state index contributed by atoms with van der Waals surface area (Å²) in [6.45, 7) is 4.11. The van der Waals surface area contributed by atoms with E-state index in [1.165, 1.54) is 24.8 Å². The first-order valence-electron chi connectivity index (χ1n) is 10.3. The first kappa shape index (κ1) is 21.3. The summed E-state index contributed by atoms with van der Waals surface area (Å²) in [5, 5.41) is 5.16. The Balaban J connectivity index is 1.90. The van der Waals surface area contributed by atoms with Gasteiger partial charge >= 0.3 is 0 Å². The molecule has 0 aromatic carbocycles. The number of carbonyl (C=O) groups is 2. The molecule has 1 fully saturated rings. The summed E-state index contributed by atoms with van der Waals surface area (Å²) in [7, 11) is 0. The maximum atomic E-state index is 13.4. The van der Waals surface area contributed by atoms with E-state index in [4.69, 9.17) is 0 Å². The van der Waals surface area contributed by atoms with Crippen LogP contribution in [0.25, 0.3) is 0 Å². The van der Waals surface area contributed by atoms with Crippen molar-refractivity contribution in [1.29, 1.82) is 0 Å². The molecule has 0 radical (unpaired) electrons. The second-order valence-corrected chi connectivity index (χ2v) is 8.88. The SMILES string of the molecule is CC[C@](C)(C(=O)NC1CCCCC1)N(Cc1cccs1)C(=O)c1ccc(=O)[nH]c1. The molecule has 0 unspecified atom stereocenters. The Morgan fingerprint density at radius 2 is 2.00 bits per heavy atom. The summed E-state index contributed by atoms with van der Waals surface area (Å²) in [5.41, 5.74) is -0.889. The van der Waals surface area contributed by atoms with Gasteiger partial charge < -0.3 is 15.2 Å². The lowest BCUT2D eigenvalue weighted by molar-refractivity contribution is -0.132. The van der Waals surface area contributed by atoms with Crippen molar-refractivity contribution in [3.8, 4) is 0 Å². The third-order valence-electron chi connectivity index (χ3n) is 5.88. The Kier molecular flexibility index (Phi) is 6.90. The van der Waals surface area contributed by atoms with Crippen molar-refractivity contribution >= 4 is 23.2 Å². The fourth-order valence-electron chi connectivity index (χ4n) is 3.79. The molecule has 0 saturated heterocycles. The average Bonchev–Trinajstić information content (AvgIpc) is 3.25. The lowest BCUT2D eigenvalue weighted by Crippen LogP contribution is -2.59. The molecule has 2 aromatic heterocycles. The van der Waals surface area contributed by atoms with E-state index in [1.54, 1.807) is 16.2 Å². The molecule has 1 saturated carbocycles. The molecule has 2 aromatic rings. The van der Waals surface area contributed by atoms with E-state index in [2.05, 4.69) is 10.3 Å². The van der Waals surface area contributed by atoms with Crippen LogP contribution in [0, 0.1) is 0 Å². The molecule has 7 heteroatoms. The Labute approximate surface area is 175 Å². The maximum absolute atomic E-state index is 13.4. The van der Waals surface area contributed by atoms with Gasteiger partial charge in [0.25, 0.3) is 5.91 Å². The zero-order chi connectivity index (χ0) is 20.9. The highest BCUT2D eigenvalue weighted by molar-refractivity contribution is 7.09. The molecule has 2 amide bonds. The second kappa shape index (κ2) is 9.39. The number of pyridine rings is 1. The first-order valence-corrected chi connectivity index (χ1v) is 11.2. The van der Waals surface area contributed by atoms with Gasteiger partial charge in [0.05, 0.1) is 12.1 Å². The smallest absolute Gasteiger partial charge is 0.256 e. The van der Waals surface area contributed by atoms with E-state index in [0.29, 0.717) is 18.5 Å². The van der Waals surface area contributed by atoms with Crippen LogP contribution in [-0.2, 0) is 11.3 Å². The Morgan fingerprint density at radius 3 is 2.59 bits per heavy atom. The van der Waals surface area contributed by atoms with Gasteiger partial charge in [-0.05, 0) is 43.7 Å². The molecule has 0 spiro atoms. The summed E-state index contributed by atoms with van der Waals surface area (Å²) in [5.74, 6) is -0.376. The number of hydrogen-bond donors (Lipinski definition) is 2. The van der Waals surface area contributed by atoms with Crippen LogP contribution < -0.4 is 10.9 Å². The number of amides is 2. The first-order chi connectivity index (χ1) is 13.9. The minimum atomic E-state index is -0.991. The number of hydrogen-bond acceptors (Lipinski definition) is 4. The number of nitrogens with zero attached hydrogens (tertiary/aromatic N) is 1. The highest BCUT2D eigenvalue weighted by Gasteiger charge is 2.42. The van der Waals surface area contributed by atoms with Crippen molar-refractivity contribution < 1.29 is 9.59 Å². The van der Waals surface area contributed by atoms with E-state index < -0.39 is 5.54 Å². The van der Waals surface area contributed by atoms with Gasteiger partial charge in [0.1, 0.15) is 5.54 Å². The lowest BCUT2D eigenvalue weighted by atomic mass is 9.91. The summed E-state index contributed by atoms with van der Waals surface area (Å²) in [4.78, 5) is 43.4. The van der Waals surface area contributed by atoms with Crippen LogP contribution >= 0.6 is 11.3 Å². The van der Waals surface area contributed by atoms with Gasteiger partial charge in [-0.15, -0.1) is 11.3 Å². The molecule has 1 aliphatic rings. The normalized spacial score (nSPS) is 16.8. The van der Waals surface area contributed by atoms with Crippen LogP contribution in [0.2, 0.25) is 0 Å². The molecule has 2 N–H and O–H groups in total. The van der Waals surface area contributed by atoms with Crippen molar-refractivity contribution in [3.63, 3.8) is 0 Å². The minimum absolute atomic E-state index is 0.110. The molecule has 0 bridgehead atoms.